The highest BCUT2D eigenvalue weighted by Gasteiger charge is 2.35. The van der Waals surface area contributed by atoms with Gasteiger partial charge in [-0.25, -0.2) is 0 Å². The minimum Gasteiger partial charge on any atom is -0.0654 e. The molecule has 5 atom stereocenters. The fraction of sp³-hybridized carbons (Fsp3) is 1.00. The maximum atomic E-state index is 2.48. The molecule has 1 aliphatic carbocycles. The van der Waals surface area contributed by atoms with Crippen molar-refractivity contribution in [1.29, 1.82) is 0 Å². The minimum atomic E-state index is 0.931. The first kappa shape index (κ1) is 12.1. The van der Waals surface area contributed by atoms with Gasteiger partial charge in [-0.15, -0.1) is 0 Å². The van der Waals surface area contributed by atoms with E-state index in [0.29, 0.717) is 0 Å². The van der Waals surface area contributed by atoms with Crippen LogP contribution in [0, 0.1) is 29.6 Å². The van der Waals surface area contributed by atoms with Crippen LogP contribution in [0.2, 0.25) is 0 Å². The Labute approximate surface area is 90.5 Å². The third-order valence-electron chi connectivity index (χ3n) is 4.90. The normalized spacial score (nSPS) is 43.9. The summed E-state index contributed by atoms with van der Waals surface area (Å²) in [6.07, 6.45) is 5.75. The highest BCUT2D eigenvalue weighted by Crippen LogP contribution is 2.43. The molecule has 1 rings (SSSR count). The van der Waals surface area contributed by atoms with Gasteiger partial charge in [-0.2, -0.15) is 0 Å². The van der Waals surface area contributed by atoms with Crippen LogP contribution in [0.3, 0.4) is 0 Å². The largest absolute Gasteiger partial charge is 0.0654 e. The zero-order valence-corrected chi connectivity index (χ0v) is 10.7. The van der Waals surface area contributed by atoms with Gasteiger partial charge in [0.25, 0.3) is 0 Å². The van der Waals surface area contributed by atoms with E-state index in [4.69, 9.17) is 0 Å². The van der Waals surface area contributed by atoms with Gasteiger partial charge in [-0.3, -0.25) is 0 Å². The summed E-state index contributed by atoms with van der Waals surface area (Å²) in [4.78, 5) is 0. The van der Waals surface area contributed by atoms with Crippen LogP contribution in [0.5, 0.6) is 0 Å². The molecular weight excluding hydrogens is 168 g/mol. The van der Waals surface area contributed by atoms with E-state index in [1.807, 2.05) is 0 Å². The second-order valence-electron chi connectivity index (χ2n) is 5.69. The van der Waals surface area contributed by atoms with Crippen LogP contribution < -0.4 is 0 Å². The molecule has 0 aromatic carbocycles. The van der Waals surface area contributed by atoms with E-state index in [-0.39, 0.29) is 0 Å². The van der Waals surface area contributed by atoms with Crippen LogP contribution in [-0.2, 0) is 0 Å². The average Bonchev–Trinajstić information content (AvgIpc) is 2.18. The van der Waals surface area contributed by atoms with E-state index in [1.54, 1.807) is 0 Å². The monoisotopic (exact) mass is 196 g/mol. The molecule has 0 nitrogen and oxygen atoms in total. The molecule has 0 N–H and O–H groups in total. The molecule has 1 fully saturated rings. The summed E-state index contributed by atoms with van der Waals surface area (Å²) >= 11 is 0. The molecule has 0 aromatic heterocycles. The Morgan fingerprint density at radius 1 is 0.929 bits per heavy atom. The first-order chi connectivity index (χ1) is 6.57. The van der Waals surface area contributed by atoms with Gasteiger partial charge in [-0.05, 0) is 36.0 Å². The molecule has 84 valence electrons. The summed E-state index contributed by atoms with van der Waals surface area (Å²) < 4.78 is 0. The fourth-order valence-corrected chi connectivity index (χ4v) is 3.18. The van der Waals surface area contributed by atoms with Crippen molar-refractivity contribution in [2.75, 3.05) is 0 Å². The van der Waals surface area contributed by atoms with Crippen LogP contribution in [0.4, 0.5) is 0 Å². The average molecular weight is 196 g/mol. The van der Waals surface area contributed by atoms with E-state index in [2.05, 4.69) is 34.6 Å². The number of unbranched alkanes of at least 4 members (excludes halogenated alkanes) is 1. The molecule has 0 heteroatoms. The van der Waals surface area contributed by atoms with Crippen molar-refractivity contribution in [1.82, 2.24) is 0 Å². The molecule has 0 heterocycles. The Kier molecular flexibility index (Phi) is 4.47. The van der Waals surface area contributed by atoms with Crippen molar-refractivity contribution in [3.63, 3.8) is 0 Å². The molecule has 0 radical (unpaired) electrons. The van der Waals surface area contributed by atoms with E-state index < -0.39 is 0 Å². The number of rotatable bonds is 3. The maximum absolute atomic E-state index is 2.48. The molecule has 5 unspecified atom stereocenters. The van der Waals surface area contributed by atoms with E-state index in [0.717, 1.165) is 29.6 Å². The van der Waals surface area contributed by atoms with Crippen LogP contribution in [-0.4, -0.2) is 0 Å². The van der Waals surface area contributed by atoms with E-state index in [1.165, 1.54) is 25.7 Å². The molecule has 0 amide bonds. The smallest absolute Gasteiger partial charge is 0.0383 e. The number of hydrogen-bond donors (Lipinski definition) is 0. The van der Waals surface area contributed by atoms with Gasteiger partial charge in [0.1, 0.15) is 0 Å². The molecule has 14 heavy (non-hydrogen) atoms. The second-order valence-corrected chi connectivity index (χ2v) is 5.69. The lowest BCUT2D eigenvalue weighted by molar-refractivity contribution is 0.0698. The van der Waals surface area contributed by atoms with Gasteiger partial charge in [0, 0.05) is 0 Å². The van der Waals surface area contributed by atoms with E-state index in [9.17, 15) is 0 Å². The van der Waals surface area contributed by atoms with Crippen molar-refractivity contribution < 1.29 is 0 Å². The van der Waals surface area contributed by atoms with Crippen LogP contribution >= 0.6 is 0 Å². The summed E-state index contributed by atoms with van der Waals surface area (Å²) in [5, 5.41) is 0. The lowest BCUT2D eigenvalue weighted by atomic mass is 9.63. The summed E-state index contributed by atoms with van der Waals surface area (Å²) in [5.41, 5.74) is 0. The molecule has 1 aliphatic rings. The van der Waals surface area contributed by atoms with Crippen LogP contribution in [0.25, 0.3) is 0 Å². The molecule has 0 saturated heterocycles. The van der Waals surface area contributed by atoms with Crippen molar-refractivity contribution in [2.24, 2.45) is 29.6 Å². The van der Waals surface area contributed by atoms with Gasteiger partial charge < -0.3 is 0 Å². The van der Waals surface area contributed by atoms with Gasteiger partial charge in [0.2, 0.25) is 0 Å². The Morgan fingerprint density at radius 3 is 2.14 bits per heavy atom. The van der Waals surface area contributed by atoms with E-state index >= 15 is 0 Å². The molecular formula is C14H28. The van der Waals surface area contributed by atoms with Gasteiger partial charge in [-0.1, -0.05) is 53.9 Å². The maximum Gasteiger partial charge on any atom is -0.0383 e. The van der Waals surface area contributed by atoms with Gasteiger partial charge >= 0.3 is 0 Å². The topological polar surface area (TPSA) is 0 Å². The predicted molar refractivity (Wildman–Crippen MR) is 64.3 cm³/mol. The van der Waals surface area contributed by atoms with Crippen molar-refractivity contribution >= 4 is 0 Å². The quantitative estimate of drug-likeness (QED) is 0.611. The Hall–Kier alpha value is 0. The molecule has 0 aromatic rings. The summed E-state index contributed by atoms with van der Waals surface area (Å²) in [7, 11) is 0. The van der Waals surface area contributed by atoms with Gasteiger partial charge in [0.15, 0.2) is 0 Å². The SMILES string of the molecule is CCCCC1CC(C)C(C)C(C)C1C. The van der Waals surface area contributed by atoms with Crippen molar-refractivity contribution in [3.8, 4) is 0 Å². The molecule has 0 bridgehead atoms. The zero-order chi connectivity index (χ0) is 10.7. The third kappa shape index (κ3) is 2.52. The van der Waals surface area contributed by atoms with Crippen molar-refractivity contribution in [3.05, 3.63) is 0 Å². The van der Waals surface area contributed by atoms with Crippen LogP contribution in [0.1, 0.15) is 60.3 Å². The lowest BCUT2D eigenvalue weighted by Crippen LogP contribution is -2.35. The van der Waals surface area contributed by atoms with Crippen molar-refractivity contribution in [2.45, 2.75) is 60.3 Å². The molecule has 0 spiro atoms. The zero-order valence-electron chi connectivity index (χ0n) is 10.7. The summed E-state index contributed by atoms with van der Waals surface area (Å²) in [6, 6.07) is 0. The summed E-state index contributed by atoms with van der Waals surface area (Å²) in [5.74, 6) is 4.77. The first-order valence-corrected chi connectivity index (χ1v) is 6.57. The lowest BCUT2D eigenvalue weighted by Gasteiger charge is -2.42. The molecule has 0 aliphatic heterocycles. The molecule has 1 saturated carbocycles. The Balaban J connectivity index is 2.52. The third-order valence-corrected chi connectivity index (χ3v) is 4.90. The highest BCUT2D eigenvalue weighted by molar-refractivity contribution is 4.84. The summed E-state index contributed by atoms with van der Waals surface area (Å²) in [6.45, 7) is 12.1. The predicted octanol–water partition coefficient (Wildman–Crippen LogP) is 4.74. The standard InChI is InChI=1S/C14H28/c1-6-7-8-14-9-10(2)11(3)12(4)13(14)5/h10-14H,6-9H2,1-5H3. The fourth-order valence-electron chi connectivity index (χ4n) is 3.18. The van der Waals surface area contributed by atoms with Crippen LogP contribution in [0.15, 0.2) is 0 Å². The highest BCUT2D eigenvalue weighted by atomic mass is 14.4. The second kappa shape index (κ2) is 5.19. The minimum absolute atomic E-state index is 0.931. The Bertz CT molecular complexity index is 161. The van der Waals surface area contributed by atoms with Gasteiger partial charge in [0.05, 0.1) is 0 Å². The first-order valence-electron chi connectivity index (χ1n) is 6.57. The Morgan fingerprint density at radius 2 is 1.57 bits per heavy atom. The number of hydrogen-bond acceptors (Lipinski definition) is 0.